The maximum absolute atomic E-state index is 12.2. The highest BCUT2D eigenvalue weighted by Gasteiger charge is 2.34. The third kappa shape index (κ3) is 4.01. The smallest absolute Gasteiger partial charge is 0.341 e. The van der Waals surface area contributed by atoms with Crippen molar-refractivity contribution < 1.29 is 14.3 Å². The number of carbonyl (C=O) groups excluding carboxylic acids is 2. The van der Waals surface area contributed by atoms with Crippen LogP contribution in [0.3, 0.4) is 0 Å². The summed E-state index contributed by atoms with van der Waals surface area (Å²) >= 11 is 12.6. The first-order chi connectivity index (χ1) is 10.6. The Morgan fingerprint density at radius 1 is 1.35 bits per heavy atom. The van der Waals surface area contributed by atoms with Crippen LogP contribution in [0.2, 0.25) is 0 Å². The van der Waals surface area contributed by atoms with E-state index in [2.05, 4.69) is 26.1 Å². The van der Waals surface area contributed by atoms with Crippen molar-refractivity contribution in [3.8, 4) is 0 Å². The lowest BCUT2D eigenvalue weighted by Crippen LogP contribution is -2.26. The van der Waals surface area contributed by atoms with Gasteiger partial charge in [0.2, 0.25) is 0 Å². The van der Waals surface area contributed by atoms with Crippen molar-refractivity contribution in [2.24, 2.45) is 11.3 Å². The van der Waals surface area contributed by atoms with Crippen molar-refractivity contribution in [2.45, 2.75) is 44.9 Å². The number of halogens is 2. The van der Waals surface area contributed by atoms with Crippen LogP contribution in [0.1, 0.15) is 48.0 Å². The molecular weight excluding hydrogens is 357 g/mol. The van der Waals surface area contributed by atoms with E-state index in [1.807, 2.05) is 0 Å². The zero-order valence-electron chi connectivity index (χ0n) is 13.7. The van der Waals surface area contributed by atoms with Gasteiger partial charge in [0.25, 0.3) is 5.91 Å². The third-order valence-corrected chi connectivity index (χ3v) is 5.88. The second kappa shape index (κ2) is 6.99. The standard InChI is InChI=1S/C16H21Cl2NO3S/c1-16(2,3)8-5-6-9-10(7-8)23-14(11(9)15(21)22-4)19-13(20)12(17)18/h8,12H,5-7H2,1-4H3,(H,19,20). The molecule has 1 N–H and O–H groups in total. The van der Waals surface area contributed by atoms with Crippen LogP contribution in [0.25, 0.3) is 0 Å². The quantitative estimate of drug-likeness (QED) is 0.626. The van der Waals surface area contributed by atoms with E-state index >= 15 is 0 Å². The van der Waals surface area contributed by atoms with E-state index in [1.165, 1.54) is 18.4 Å². The van der Waals surface area contributed by atoms with Crippen molar-refractivity contribution in [2.75, 3.05) is 12.4 Å². The first-order valence-electron chi connectivity index (χ1n) is 7.47. The minimum absolute atomic E-state index is 0.202. The van der Waals surface area contributed by atoms with Crippen LogP contribution < -0.4 is 5.32 Å². The number of methoxy groups -OCH3 is 1. The molecule has 128 valence electrons. The van der Waals surface area contributed by atoms with Gasteiger partial charge in [0.15, 0.2) is 4.84 Å². The molecular formula is C16H21Cl2NO3S. The summed E-state index contributed by atoms with van der Waals surface area (Å²) in [6.07, 6.45) is 2.71. The van der Waals surface area contributed by atoms with Gasteiger partial charge < -0.3 is 10.1 Å². The SMILES string of the molecule is COC(=O)c1c(NC(=O)C(Cl)Cl)sc2c1CCC(C(C)(C)C)C2. The molecule has 1 unspecified atom stereocenters. The van der Waals surface area contributed by atoms with Gasteiger partial charge in [0, 0.05) is 4.88 Å². The third-order valence-electron chi connectivity index (χ3n) is 4.31. The van der Waals surface area contributed by atoms with Crippen LogP contribution in [-0.2, 0) is 22.4 Å². The van der Waals surface area contributed by atoms with Gasteiger partial charge >= 0.3 is 5.97 Å². The topological polar surface area (TPSA) is 55.4 Å². The number of thiophene rings is 1. The highest BCUT2D eigenvalue weighted by Crippen LogP contribution is 2.44. The Morgan fingerprint density at radius 2 is 2.00 bits per heavy atom. The molecule has 1 aromatic heterocycles. The van der Waals surface area contributed by atoms with Gasteiger partial charge in [0.1, 0.15) is 5.00 Å². The molecule has 4 nitrogen and oxygen atoms in total. The van der Waals surface area contributed by atoms with E-state index in [1.54, 1.807) is 0 Å². The Kier molecular flexibility index (Phi) is 5.64. The lowest BCUT2D eigenvalue weighted by molar-refractivity contribution is -0.114. The number of carbonyl (C=O) groups is 2. The maximum atomic E-state index is 12.2. The average Bonchev–Trinajstić information content (AvgIpc) is 2.82. The Balaban J connectivity index is 2.39. The Bertz CT molecular complexity index is 620. The normalized spacial score (nSPS) is 17.8. The second-order valence-corrected chi connectivity index (χ2v) is 9.00. The fourth-order valence-corrected chi connectivity index (χ4v) is 4.33. The summed E-state index contributed by atoms with van der Waals surface area (Å²) in [7, 11) is 1.34. The van der Waals surface area contributed by atoms with Crippen LogP contribution in [0.5, 0.6) is 0 Å². The number of esters is 1. The first kappa shape index (κ1) is 18.6. The molecule has 0 spiro atoms. The maximum Gasteiger partial charge on any atom is 0.341 e. The average molecular weight is 378 g/mol. The minimum Gasteiger partial charge on any atom is -0.465 e. The summed E-state index contributed by atoms with van der Waals surface area (Å²) in [6, 6.07) is 0. The number of hydrogen-bond acceptors (Lipinski definition) is 4. The Hall–Kier alpha value is -0.780. The van der Waals surface area contributed by atoms with Gasteiger partial charge in [-0.25, -0.2) is 4.79 Å². The van der Waals surface area contributed by atoms with Gasteiger partial charge in [-0.3, -0.25) is 4.79 Å². The van der Waals surface area contributed by atoms with Crippen molar-refractivity contribution in [3.63, 3.8) is 0 Å². The molecule has 1 amide bonds. The summed E-state index contributed by atoms with van der Waals surface area (Å²) in [5.74, 6) is -0.436. The molecule has 0 aliphatic heterocycles. The van der Waals surface area contributed by atoms with Crippen molar-refractivity contribution in [1.29, 1.82) is 0 Å². The summed E-state index contributed by atoms with van der Waals surface area (Å²) in [4.78, 5) is 23.9. The van der Waals surface area contributed by atoms with E-state index in [9.17, 15) is 9.59 Å². The molecule has 1 aliphatic carbocycles. The van der Waals surface area contributed by atoms with Crippen LogP contribution in [0, 0.1) is 11.3 Å². The van der Waals surface area contributed by atoms with Crippen LogP contribution >= 0.6 is 34.5 Å². The van der Waals surface area contributed by atoms with Crippen molar-refractivity contribution >= 4 is 51.4 Å². The number of fused-ring (bicyclic) bond motifs is 1. The molecule has 23 heavy (non-hydrogen) atoms. The molecule has 2 rings (SSSR count). The first-order valence-corrected chi connectivity index (χ1v) is 9.16. The number of nitrogens with one attached hydrogen (secondary N) is 1. The van der Waals surface area contributed by atoms with Crippen LogP contribution in [-0.4, -0.2) is 23.8 Å². The molecule has 7 heteroatoms. The number of amides is 1. The van der Waals surface area contributed by atoms with Gasteiger partial charge in [-0.15, -0.1) is 11.3 Å². The molecule has 0 aromatic carbocycles. The molecule has 0 fully saturated rings. The van der Waals surface area contributed by atoms with E-state index in [4.69, 9.17) is 27.9 Å². The monoisotopic (exact) mass is 377 g/mol. The second-order valence-electron chi connectivity index (χ2n) is 6.80. The van der Waals surface area contributed by atoms with Crippen LogP contribution in [0.4, 0.5) is 5.00 Å². The molecule has 0 saturated carbocycles. The summed E-state index contributed by atoms with van der Waals surface area (Å²) < 4.78 is 4.89. The molecule has 0 radical (unpaired) electrons. The molecule has 1 atom stereocenters. The summed E-state index contributed by atoms with van der Waals surface area (Å²) in [5.41, 5.74) is 1.63. The van der Waals surface area contributed by atoms with Crippen LogP contribution in [0.15, 0.2) is 0 Å². The van der Waals surface area contributed by atoms with Gasteiger partial charge in [-0.05, 0) is 36.2 Å². The number of anilines is 1. The summed E-state index contributed by atoms with van der Waals surface area (Å²) in [5, 5.41) is 3.13. The van der Waals surface area contributed by atoms with Crippen molar-refractivity contribution in [1.82, 2.24) is 0 Å². The lowest BCUT2D eigenvalue weighted by Gasteiger charge is -2.33. The molecule has 0 bridgehead atoms. The molecule has 1 aromatic rings. The van der Waals surface area contributed by atoms with Crippen molar-refractivity contribution in [3.05, 3.63) is 16.0 Å². The van der Waals surface area contributed by atoms with E-state index < -0.39 is 16.7 Å². The highest BCUT2D eigenvalue weighted by atomic mass is 35.5. The summed E-state index contributed by atoms with van der Waals surface area (Å²) in [6.45, 7) is 6.68. The van der Waals surface area contributed by atoms with Gasteiger partial charge in [0.05, 0.1) is 12.7 Å². The Labute approximate surface area is 150 Å². The van der Waals surface area contributed by atoms with Gasteiger partial charge in [-0.1, -0.05) is 44.0 Å². The fourth-order valence-electron chi connectivity index (χ4n) is 2.90. The number of hydrogen-bond donors (Lipinski definition) is 1. The largest absolute Gasteiger partial charge is 0.465 e. The minimum atomic E-state index is -1.18. The number of alkyl halides is 2. The molecule has 1 heterocycles. The van der Waals surface area contributed by atoms with Gasteiger partial charge in [-0.2, -0.15) is 0 Å². The molecule has 1 aliphatic rings. The number of rotatable bonds is 3. The predicted octanol–water partition coefficient (Wildman–Crippen LogP) is 4.43. The lowest BCUT2D eigenvalue weighted by atomic mass is 9.72. The molecule has 0 saturated heterocycles. The Morgan fingerprint density at radius 3 is 2.52 bits per heavy atom. The highest BCUT2D eigenvalue weighted by molar-refractivity contribution is 7.17. The number of ether oxygens (including phenoxy) is 1. The predicted molar refractivity (Wildman–Crippen MR) is 94.8 cm³/mol. The zero-order chi connectivity index (χ0) is 17.4. The van der Waals surface area contributed by atoms with E-state index in [0.29, 0.717) is 16.5 Å². The van der Waals surface area contributed by atoms with E-state index in [-0.39, 0.29) is 5.41 Å². The van der Waals surface area contributed by atoms with E-state index in [0.717, 1.165) is 29.7 Å². The fraction of sp³-hybridized carbons (Fsp3) is 0.625. The zero-order valence-corrected chi connectivity index (χ0v) is 16.0.